The van der Waals surface area contributed by atoms with Gasteiger partial charge >= 0.3 is 0 Å². The molecule has 8 heteroatoms. The van der Waals surface area contributed by atoms with E-state index in [0.717, 1.165) is 16.1 Å². The molecule has 0 fully saturated rings. The highest BCUT2D eigenvalue weighted by Gasteiger charge is 2.25. The SMILES string of the molecule is CCc1ccccc1N(CC(=O)NC[C@@H]1COc2ccccc2O1)S(C)(=O)=O. The van der Waals surface area contributed by atoms with Gasteiger partial charge in [-0.05, 0) is 30.2 Å². The molecule has 0 saturated heterocycles. The molecule has 1 heterocycles. The highest BCUT2D eigenvalue weighted by atomic mass is 32.2. The summed E-state index contributed by atoms with van der Waals surface area (Å²) in [4.78, 5) is 12.4. The van der Waals surface area contributed by atoms with Gasteiger partial charge in [-0.2, -0.15) is 0 Å². The third kappa shape index (κ3) is 4.75. The van der Waals surface area contributed by atoms with E-state index >= 15 is 0 Å². The molecule has 1 N–H and O–H groups in total. The van der Waals surface area contributed by atoms with Gasteiger partial charge in [0.25, 0.3) is 0 Å². The van der Waals surface area contributed by atoms with Crippen LogP contribution >= 0.6 is 0 Å². The molecule has 0 aromatic heterocycles. The Hall–Kier alpha value is -2.74. The first-order chi connectivity index (χ1) is 13.4. The van der Waals surface area contributed by atoms with Gasteiger partial charge in [-0.1, -0.05) is 37.3 Å². The van der Waals surface area contributed by atoms with Crippen LogP contribution in [0.5, 0.6) is 11.5 Å². The van der Waals surface area contributed by atoms with Crippen molar-refractivity contribution >= 4 is 21.6 Å². The van der Waals surface area contributed by atoms with Gasteiger partial charge in [0, 0.05) is 0 Å². The maximum Gasteiger partial charge on any atom is 0.240 e. The Morgan fingerprint density at radius 1 is 1.14 bits per heavy atom. The van der Waals surface area contributed by atoms with Gasteiger partial charge in [-0.25, -0.2) is 8.42 Å². The number of sulfonamides is 1. The van der Waals surface area contributed by atoms with Crippen LogP contribution in [-0.4, -0.2) is 46.4 Å². The number of carbonyl (C=O) groups is 1. The van der Waals surface area contributed by atoms with Gasteiger partial charge in [0.2, 0.25) is 15.9 Å². The average Bonchev–Trinajstić information content (AvgIpc) is 2.69. The second kappa shape index (κ2) is 8.52. The summed E-state index contributed by atoms with van der Waals surface area (Å²) >= 11 is 0. The molecule has 0 unspecified atom stereocenters. The molecule has 28 heavy (non-hydrogen) atoms. The molecule has 1 amide bonds. The number of amides is 1. The first kappa shape index (κ1) is 20.0. The van der Waals surface area contributed by atoms with Crippen molar-refractivity contribution < 1.29 is 22.7 Å². The van der Waals surface area contributed by atoms with Crippen molar-refractivity contribution in [2.45, 2.75) is 19.4 Å². The van der Waals surface area contributed by atoms with Crippen LogP contribution < -0.4 is 19.1 Å². The Morgan fingerprint density at radius 2 is 1.82 bits per heavy atom. The molecule has 0 bridgehead atoms. The number of ether oxygens (including phenoxy) is 2. The van der Waals surface area contributed by atoms with Crippen molar-refractivity contribution in [2.75, 3.05) is 30.3 Å². The maximum atomic E-state index is 12.4. The number of hydrogen-bond donors (Lipinski definition) is 1. The van der Waals surface area contributed by atoms with E-state index in [4.69, 9.17) is 9.47 Å². The lowest BCUT2D eigenvalue weighted by atomic mass is 10.1. The predicted octanol–water partition coefficient (Wildman–Crippen LogP) is 1.97. The minimum Gasteiger partial charge on any atom is -0.486 e. The normalized spacial score (nSPS) is 15.7. The summed E-state index contributed by atoms with van der Waals surface area (Å²) in [7, 11) is -3.61. The van der Waals surface area contributed by atoms with Crippen LogP contribution in [-0.2, 0) is 21.2 Å². The summed E-state index contributed by atoms with van der Waals surface area (Å²) in [5.41, 5.74) is 1.38. The van der Waals surface area contributed by atoms with Gasteiger partial charge in [0.1, 0.15) is 19.3 Å². The third-order valence-electron chi connectivity index (χ3n) is 4.42. The number of rotatable bonds is 7. The van der Waals surface area contributed by atoms with Crippen LogP contribution in [0.3, 0.4) is 0 Å². The Kier molecular flexibility index (Phi) is 6.08. The number of anilines is 1. The van der Waals surface area contributed by atoms with E-state index in [-0.39, 0.29) is 19.2 Å². The molecule has 1 aliphatic rings. The molecular formula is C20H24N2O5S. The molecule has 0 aliphatic carbocycles. The Morgan fingerprint density at radius 3 is 2.54 bits per heavy atom. The van der Waals surface area contributed by atoms with Gasteiger partial charge in [-0.15, -0.1) is 0 Å². The molecule has 7 nitrogen and oxygen atoms in total. The molecule has 0 saturated carbocycles. The average molecular weight is 404 g/mol. The van der Waals surface area contributed by atoms with E-state index in [1.54, 1.807) is 18.2 Å². The molecule has 3 rings (SSSR count). The largest absolute Gasteiger partial charge is 0.486 e. The minimum atomic E-state index is -3.61. The molecule has 1 atom stereocenters. The number of benzene rings is 2. The molecule has 0 spiro atoms. The maximum absolute atomic E-state index is 12.4. The van der Waals surface area contributed by atoms with Gasteiger partial charge in [0.15, 0.2) is 11.5 Å². The van der Waals surface area contributed by atoms with Gasteiger partial charge in [0.05, 0.1) is 18.5 Å². The Bertz CT molecular complexity index is 945. The number of para-hydroxylation sites is 3. The van der Waals surface area contributed by atoms with E-state index in [2.05, 4.69) is 5.32 Å². The number of aryl methyl sites for hydroxylation is 1. The van der Waals surface area contributed by atoms with E-state index in [0.29, 0.717) is 30.2 Å². The lowest BCUT2D eigenvalue weighted by molar-refractivity contribution is -0.120. The summed E-state index contributed by atoms with van der Waals surface area (Å²) in [5, 5.41) is 2.74. The fourth-order valence-electron chi connectivity index (χ4n) is 3.01. The molecule has 0 radical (unpaired) electrons. The fraction of sp³-hybridized carbons (Fsp3) is 0.350. The quantitative estimate of drug-likeness (QED) is 0.763. The standard InChI is InChI=1S/C20H24N2O5S/c1-3-15-8-4-5-9-17(15)22(28(2,24)25)13-20(23)21-12-16-14-26-18-10-6-7-11-19(18)27-16/h4-11,16H,3,12-14H2,1-2H3,(H,21,23)/t16-/m1/s1. The van der Waals surface area contributed by atoms with Crippen molar-refractivity contribution in [3.05, 3.63) is 54.1 Å². The minimum absolute atomic E-state index is 0.222. The van der Waals surface area contributed by atoms with Crippen molar-refractivity contribution in [3.8, 4) is 11.5 Å². The lowest BCUT2D eigenvalue weighted by Crippen LogP contribution is -2.45. The highest BCUT2D eigenvalue weighted by molar-refractivity contribution is 7.92. The van der Waals surface area contributed by atoms with Gasteiger partial charge < -0.3 is 14.8 Å². The highest BCUT2D eigenvalue weighted by Crippen LogP contribution is 2.30. The number of nitrogens with one attached hydrogen (secondary N) is 1. The number of carbonyl (C=O) groups excluding carboxylic acids is 1. The number of nitrogens with zero attached hydrogens (tertiary/aromatic N) is 1. The second-order valence-corrected chi connectivity index (χ2v) is 8.46. The third-order valence-corrected chi connectivity index (χ3v) is 5.55. The zero-order valence-corrected chi connectivity index (χ0v) is 16.7. The van der Waals surface area contributed by atoms with Crippen LogP contribution in [0.4, 0.5) is 5.69 Å². The zero-order valence-electron chi connectivity index (χ0n) is 15.9. The summed E-state index contributed by atoms with van der Waals surface area (Å²) in [6, 6.07) is 14.5. The molecule has 2 aromatic rings. The predicted molar refractivity (Wildman–Crippen MR) is 107 cm³/mol. The van der Waals surface area contributed by atoms with E-state index in [1.807, 2.05) is 37.3 Å². The number of fused-ring (bicyclic) bond motifs is 1. The Labute approximate surface area is 165 Å². The molecule has 150 valence electrons. The van der Waals surface area contributed by atoms with Gasteiger partial charge in [-0.3, -0.25) is 9.10 Å². The molecule has 2 aromatic carbocycles. The van der Waals surface area contributed by atoms with Crippen LogP contribution in [0, 0.1) is 0 Å². The van der Waals surface area contributed by atoms with Crippen molar-refractivity contribution in [1.29, 1.82) is 0 Å². The van der Waals surface area contributed by atoms with Crippen molar-refractivity contribution in [2.24, 2.45) is 0 Å². The van der Waals surface area contributed by atoms with Crippen molar-refractivity contribution in [1.82, 2.24) is 5.32 Å². The fourth-order valence-corrected chi connectivity index (χ4v) is 3.90. The number of hydrogen-bond acceptors (Lipinski definition) is 5. The van der Waals surface area contributed by atoms with Crippen molar-refractivity contribution in [3.63, 3.8) is 0 Å². The van der Waals surface area contributed by atoms with E-state index in [9.17, 15) is 13.2 Å². The monoisotopic (exact) mass is 404 g/mol. The molecular weight excluding hydrogens is 380 g/mol. The molecule has 1 aliphatic heterocycles. The smallest absolute Gasteiger partial charge is 0.240 e. The van der Waals surface area contributed by atoms with Crippen LogP contribution in [0.1, 0.15) is 12.5 Å². The summed E-state index contributed by atoms with van der Waals surface area (Å²) in [6.07, 6.45) is 1.42. The summed E-state index contributed by atoms with van der Waals surface area (Å²) in [5.74, 6) is 0.894. The lowest BCUT2D eigenvalue weighted by Gasteiger charge is -2.27. The first-order valence-corrected chi connectivity index (χ1v) is 10.9. The first-order valence-electron chi connectivity index (χ1n) is 9.09. The second-order valence-electron chi connectivity index (χ2n) is 6.55. The summed E-state index contributed by atoms with van der Waals surface area (Å²) in [6.45, 7) is 2.18. The van der Waals surface area contributed by atoms with Crippen LogP contribution in [0.2, 0.25) is 0 Å². The van der Waals surface area contributed by atoms with Crippen LogP contribution in [0.25, 0.3) is 0 Å². The van der Waals surface area contributed by atoms with E-state index < -0.39 is 15.9 Å². The summed E-state index contributed by atoms with van der Waals surface area (Å²) < 4.78 is 37.1. The van der Waals surface area contributed by atoms with Crippen LogP contribution in [0.15, 0.2) is 48.5 Å². The van der Waals surface area contributed by atoms with E-state index in [1.165, 1.54) is 0 Å². The Balaban J connectivity index is 1.64. The topological polar surface area (TPSA) is 84.9 Å². The zero-order chi connectivity index (χ0) is 20.1.